The van der Waals surface area contributed by atoms with Crippen molar-refractivity contribution < 1.29 is 18.9 Å². The van der Waals surface area contributed by atoms with E-state index in [0.717, 1.165) is 16.7 Å². The molecule has 1 heterocycles. The van der Waals surface area contributed by atoms with Crippen molar-refractivity contribution in [1.82, 2.24) is 0 Å². The minimum Gasteiger partial charge on any atom is -0.374 e. The Morgan fingerprint density at radius 2 is 1.10 bits per heavy atom. The lowest BCUT2D eigenvalue weighted by atomic mass is 10.1. The van der Waals surface area contributed by atoms with Gasteiger partial charge in [0.25, 0.3) is 0 Å². The van der Waals surface area contributed by atoms with Gasteiger partial charge in [-0.2, -0.15) is 0 Å². The lowest BCUT2D eigenvalue weighted by Crippen LogP contribution is -2.41. The van der Waals surface area contributed by atoms with Gasteiger partial charge < -0.3 is 18.9 Å². The van der Waals surface area contributed by atoms with Crippen molar-refractivity contribution in [3.05, 3.63) is 120 Å². The van der Waals surface area contributed by atoms with Crippen molar-refractivity contribution in [1.29, 1.82) is 0 Å². The van der Waals surface area contributed by atoms with E-state index >= 15 is 0 Å². The number of hydrogen-bond acceptors (Lipinski definition) is 4. The van der Waals surface area contributed by atoms with Gasteiger partial charge in [-0.15, -0.1) is 0 Å². The molecule has 0 aliphatic carbocycles. The van der Waals surface area contributed by atoms with Gasteiger partial charge in [-0.1, -0.05) is 97.1 Å². The standard InChI is InChI=1S/C27H28O4/c1-4-10-22(11-5-1)18-28-21-26-25(29-19-23-12-6-2-7-13-23)16-17-27(31-26)30-20-24-14-8-3-9-15-24/h1-17,25-27H,18-21H2/t25-,26+,27?/m0/s1. The first-order chi connectivity index (χ1) is 15.4. The minimum atomic E-state index is -0.429. The van der Waals surface area contributed by atoms with Gasteiger partial charge in [-0.3, -0.25) is 0 Å². The van der Waals surface area contributed by atoms with Crippen LogP contribution in [0.1, 0.15) is 16.7 Å². The molecule has 1 unspecified atom stereocenters. The summed E-state index contributed by atoms with van der Waals surface area (Å²) in [5, 5.41) is 0. The number of ether oxygens (including phenoxy) is 4. The highest BCUT2D eigenvalue weighted by Gasteiger charge is 2.29. The molecule has 0 bridgehead atoms. The molecule has 3 aromatic carbocycles. The maximum Gasteiger partial charge on any atom is 0.177 e. The largest absolute Gasteiger partial charge is 0.374 e. The molecular weight excluding hydrogens is 388 g/mol. The number of benzene rings is 3. The fourth-order valence-electron chi connectivity index (χ4n) is 3.40. The van der Waals surface area contributed by atoms with Crippen LogP contribution in [0.5, 0.6) is 0 Å². The Balaban J connectivity index is 1.35. The van der Waals surface area contributed by atoms with Gasteiger partial charge >= 0.3 is 0 Å². The van der Waals surface area contributed by atoms with E-state index in [4.69, 9.17) is 18.9 Å². The summed E-state index contributed by atoms with van der Waals surface area (Å²) in [4.78, 5) is 0. The summed E-state index contributed by atoms with van der Waals surface area (Å²) < 4.78 is 24.2. The van der Waals surface area contributed by atoms with Gasteiger partial charge in [0, 0.05) is 0 Å². The summed E-state index contributed by atoms with van der Waals surface area (Å²) in [6.45, 7) is 1.96. The zero-order chi connectivity index (χ0) is 21.1. The van der Waals surface area contributed by atoms with Crippen LogP contribution in [0.3, 0.4) is 0 Å². The fraction of sp³-hybridized carbons (Fsp3) is 0.259. The van der Waals surface area contributed by atoms with Gasteiger partial charge in [0.15, 0.2) is 6.29 Å². The maximum absolute atomic E-state index is 6.19. The molecule has 1 aliphatic rings. The van der Waals surface area contributed by atoms with E-state index < -0.39 is 6.29 Å². The fourth-order valence-corrected chi connectivity index (χ4v) is 3.40. The first-order valence-electron chi connectivity index (χ1n) is 10.6. The molecule has 0 saturated heterocycles. The zero-order valence-electron chi connectivity index (χ0n) is 17.5. The summed E-state index contributed by atoms with van der Waals surface area (Å²) in [5.74, 6) is 0. The average molecular weight is 417 g/mol. The predicted molar refractivity (Wildman–Crippen MR) is 120 cm³/mol. The third-order valence-corrected chi connectivity index (χ3v) is 5.07. The molecule has 4 nitrogen and oxygen atoms in total. The third kappa shape index (κ3) is 6.88. The quantitative estimate of drug-likeness (QED) is 0.421. The van der Waals surface area contributed by atoms with E-state index in [1.54, 1.807) is 0 Å². The van der Waals surface area contributed by atoms with E-state index in [1.165, 1.54) is 0 Å². The second-order valence-electron chi connectivity index (χ2n) is 7.49. The minimum absolute atomic E-state index is 0.201. The summed E-state index contributed by atoms with van der Waals surface area (Å²) in [7, 11) is 0. The molecular formula is C27H28O4. The Morgan fingerprint density at radius 3 is 1.68 bits per heavy atom. The Hall–Kier alpha value is -2.76. The SMILES string of the molecule is C1=C[C@H](OCc2ccccc2)[C@@H](COCc2ccccc2)OC1OCc1ccccc1. The molecule has 0 saturated carbocycles. The van der Waals surface area contributed by atoms with Crippen molar-refractivity contribution in [3.8, 4) is 0 Å². The van der Waals surface area contributed by atoms with Gasteiger partial charge in [0.2, 0.25) is 0 Å². The van der Waals surface area contributed by atoms with E-state index in [-0.39, 0.29) is 12.2 Å². The topological polar surface area (TPSA) is 36.9 Å². The summed E-state index contributed by atoms with van der Waals surface area (Å²) >= 11 is 0. The molecule has 3 atom stereocenters. The van der Waals surface area contributed by atoms with Gasteiger partial charge in [0.1, 0.15) is 12.2 Å². The smallest absolute Gasteiger partial charge is 0.177 e. The van der Waals surface area contributed by atoms with Gasteiger partial charge in [-0.05, 0) is 22.8 Å². The second-order valence-corrected chi connectivity index (χ2v) is 7.49. The molecule has 0 aromatic heterocycles. The van der Waals surface area contributed by atoms with E-state index in [2.05, 4.69) is 24.3 Å². The zero-order valence-corrected chi connectivity index (χ0v) is 17.5. The lowest BCUT2D eigenvalue weighted by molar-refractivity contribution is -0.199. The van der Waals surface area contributed by atoms with Gasteiger partial charge in [0.05, 0.1) is 26.4 Å². The monoisotopic (exact) mass is 416 g/mol. The molecule has 160 valence electrons. The third-order valence-electron chi connectivity index (χ3n) is 5.07. The highest BCUT2D eigenvalue weighted by Crippen LogP contribution is 2.20. The summed E-state index contributed by atoms with van der Waals surface area (Å²) in [6.07, 6.45) is 3.07. The molecule has 1 aliphatic heterocycles. The van der Waals surface area contributed by atoms with Crippen LogP contribution < -0.4 is 0 Å². The molecule has 0 radical (unpaired) electrons. The summed E-state index contributed by atoms with van der Waals surface area (Å²) in [6, 6.07) is 30.4. The Labute approximate surface area is 184 Å². The first-order valence-corrected chi connectivity index (χ1v) is 10.6. The predicted octanol–water partition coefficient (Wildman–Crippen LogP) is 5.29. The van der Waals surface area contributed by atoms with E-state index in [1.807, 2.05) is 78.9 Å². The summed E-state index contributed by atoms with van der Waals surface area (Å²) in [5.41, 5.74) is 3.37. The van der Waals surface area contributed by atoms with Crippen LogP contribution in [0.2, 0.25) is 0 Å². The number of hydrogen-bond donors (Lipinski definition) is 0. The van der Waals surface area contributed by atoms with Crippen LogP contribution in [0.15, 0.2) is 103 Å². The van der Waals surface area contributed by atoms with Crippen LogP contribution in [-0.2, 0) is 38.8 Å². The van der Waals surface area contributed by atoms with Crippen LogP contribution in [0.4, 0.5) is 0 Å². The molecule has 3 aromatic rings. The first kappa shape index (κ1) is 21.5. The Morgan fingerprint density at radius 1 is 0.581 bits per heavy atom. The molecule has 0 fully saturated rings. The van der Waals surface area contributed by atoms with E-state index in [9.17, 15) is 0 Å². The van der Waals surface area contributed by atoms with Crippen molar-refractivity contribution in [2.24, 2.45) is 0 Å². The average Bonchev–Trinajstić information content (AvgIpc) is 2.84. The van der Waals surface area contributed by atoms with Crippen LogP contribution >= 0.6 is 0 Å². The maximum atomic E-state index is 6.19. The molecule has 4 heteroatoms. The lowest BCUT2D eigenvalue weighted by Gasteiger charge is -2.32. The van der Waals surface area contributed by atoms with Crippen LogP contribution in [0, 0.1) is 0 Å². The van der Waals surface area contributed by atoms with Crippen molar-refractivity contribution in [2.45, 2.75) is 38.3 Å². The second kappa shape index (κ2) is 11.6. The molecule has 4 rings (SSSR count). The normalized spacial score (nSPS) is 20.6. The van der Waals surface area contributed by atoms with Crippen LogP contribution in [0.25, 0.3) is 0 Å². The molecule has 0 amide bonds. The van der Waals surface area contributed by atoms with E-state index in [0.29, 0.717) is 26.4 Å². The van der Waals surface area contributed by atoms with Crippen molar-refractivity contribution in [2.75, 3.05) is 6.61 Å². The Kier molecular flexibility index (Phi) is 8.02. The number of rotatable bonds is 10. The highest BCUT2D eigenvalue weighted by molar-refractivity contribution is 5.15. The van der Waals surface area contributed by atoms with Gasteiger partial charge in [-0.25, -0.2) is 0 Å². The molecule has 31 heavy (non-hydrogen) atoms. The van der Waals surface area contributed by atoms with Crippen LogP contribution in [-0.4, -0.2) is 25.1 Å². The van der Waals surface area contributed by atoms with Crippen molar-refractivity contribution >= 4 is 0 Å². The van der Waals surface area contributed by atoms with Crippen molar-refractivity contribution in [3.63, 3.8) is 0 Å². The molecule has 0 N–H and O–H groups in total. The molecule has 0 spiro atoms. The highest BCUT2D eigenvalue weighted by atomic mass is 16.7. The Bertz CT molecular complexity index is 912.